The van der Waals surface area contributed by atoms with Gasteiger partial charge in [-0.25, -0.2) is 0 Å². The van der Waals surface area contributed by atoms with Crippen LogP contribution in [0.5, 0.6) is 0 Å². The second-order valence-corrected chi connectivity index (χ2v) is 4.83. The first-order chi connectivity index (χ1) is 9.16. The van der Waals surface area contributed by atoms with Crippen LogP contribution in [0.4, 0.5) is 5.69 Å². The average molecular weight is 271 g/mol. The maximum absolute atomic E-state index is 5.31. The van der Waals surface area contributed by atoms with Crippen molar-refractivity contribution in [2.24, 2.45) is 0 Å². The van der Waals surface area contributed by atoms with Crippen LogP contribution in [-0.4, -0.2) is 10.1 Å². The molecule has 0 saturated carbocycles. The van der Waals surface area contributed by atoms with E-state index in [0.717, 1.165) is 5.69 Å². The van der Waals surface area contributed by atoms with E-state index in [1.807, 2.05) is 24.3 Å². The minimum Gasteiger partial charge on any atom is -0.356 e. The number of benzene rings is 1. The summed E-state index contributed by atoms with van der Waals surface area (Å²) in [6.07, 6.45) is 3.48. The molecule has 0 aliphatic rings. The lowest BCUT2D eigenvalue weighted by molar-refractivity contribution is 0.717. The molecule has 1 aromatic heterocycles. The lowest BCUT2D eigenvalue weighted by Crippen LogP contribution is -2.31. The number of thiocarbonyl (C=S) groups is 1. The first-order valence-electron chi connectivity index (χ1n) is 6.20. The van der Waals surface area contributed by atoms with Crippen LogP contribution in [0.2, 0.25) is 0 Å². The number of nitrogens with one attached hydrogen (secondary N) is 2. The Morgan fingerprint density at radius 3 is 2.68 bits per heavy atom. The molecule has 98 valence electrons. The molecular formula is C15H17N3S. The summed E-state index contributed by atoms with van der Waals surface area (Å²) in [4.78, 5) is 4.04. The van der Waals surface area contributed by atoms with E-state index in [1.54, 1.807) is 12.4 Å². The van der Waals surface area contributed by atoms with Gasteiger partial charge >= 0.3 is 0 Å². The third-order valence-electron chi connectivity index (χ3n) is 2.92. The summed E-state index contributed by atoms with van der Waals surface area (Å²) in [5, 5.41) is 7.00. The average Bonchev–Trinajstić information content (AvgIpc) is 2.40. The number of anilines is 1. The van der Waals surface area contributed by atoms with Gasteiger partial charge in [0, 0.05) is 6.20 Å². The first kappa shape index (κ1) is 13.5. The zero-order valence-corrected chi connectivity index (χ0v) is 11.9. The van der Waals surface area contributed by atoms with Gasteiger partial charge in [-0.05, 0) is 49.3 Å². The van der Waals surface area contributed by atoms with Crippen LogP contribution in [0.15, 0.2) is 48.8 Å². The highest BCUT2D eigenvalue weighted by molar-refractivity contribution is 7.80. The summed E-state index contributed by atoms with van der Waals surface area (Å²) in [6.45, 7) is 4.20. The Morgan fingerprint density at radius 2 is 2.00 bits per heavy atom. The number of hydrogen-bond acceptors (Lipinski definition) is 2. The van der Waals surface area contributed by atoms with Gasteiger partial charge in [-0.2, -0.15) is 0 Å². The van der Waals surface area contributed by atoms with Crippen LogP contribution in [0.3, 0.4) is 0 Å². The summed E-state index contributed by atoms with van der Waals surface area (Å²) < 4.78 is 0. The van der Waals surface area contributed by atoms with Crippen molar-refractivity contribution >= 4 is 23.0 Å². The van der Waals surface area contributed by atoms with E-state index in [-0.39, 0.29) is 6.04 Å². The predicted molar refractivity (Wildman–Crippen MR) is 83.2 cm³/mol. The molecule has 1 heterocycles. The fourth-order valence-electron chi connectivity index (χ4n) is 1.95. The number of hydrogen-bond donors (Lipinski definition) is 2. The minimum absolute atomic E-state index is 0.165. The Hall–Kier alpha value is -1.94. The molecule has 0 aliphatic heterocycles. The minimum atomic E-state index is 0.165. The van der Waals surface area contributed by atoms with Crippen LogP contribution >= 0.6 is 12.2 Å². The molecule has 2 aromatic rings. The molecule has 0 fully saturated rings. The van der Waals surface area contributed by atoms with Gasteiger partial charge in [-0.3, -0.25) is 4.98 Å². The molecule has 0 unspecified atom stereocenters. The molecular weight excluding hydrogens is 254 g/mol. The van der Waals surface area contributed by atoms with Crippen LogP contribution in [0.1, 0.15) is 24.1 Å². The monoisotopic (exact) mass is 271 g/mol. The van der Waals surface area contributed by atoms with Crippen LogP contribution in [-0.2, 0) is 0 Å². The van der Waals surface area contributed by atoms with Gasteiger partial charge in [0.1, 0.15) is 0 Å². The smallest absolute Gasteiger partial charge is 0.171 e. The number of nitrogens with zero attached hydrogens (tertiary/aromatic N) is 1. The van der Waals surface area contributed by atoms with Crippen molar-refractivity contribution in [1.29, 1.82) is 0 Å². The molecule has 2 rings (SSSR count). The lowest BCUT2D eigenvalue weighted by atomic mass is 10.0. The summed E-state index contributed by atoms with van der Waals surface area (Å²) in [5.41, 5.74) is 3.39. The molecule has 0 bridgehead atoms. The molecule has 0 saturated heterocycles. The van der Waals surface area contributed by atoms with Crippen molar-refractivity contribution in [2.75, 3.05) is 5.32 Å². The molecule has 0 radical (unpaired) electrons. The number of aromatic nitrogens is 1. The quantitative estimate of drug-likeness (QED) is 0.839. The Morgan fingerprint density at radius 1 is 1.21 bits per heavy atom. The largest absolute Gasteiger partial charge is 0.356 e. The van der Waals surface area contributed by atoms with E-state index < -0.39 is 0 Å². The van der Waals surface area contributed by atoms with Crippen molar-refractivity contribution in [3.63, 3.8) is 0 Å². The van der Waals surface area contributed by atoms with Crippen LogP contribution in [0.25, 0.3) is 0 Å². The van der Waals surface area contributed by atoms with Gasteiger partial charge in [0.25, 0.3) is 0 Å². The Kier molecular flexibility index (Phi) is 4.47. The predicted octanol–water partition coefficient (Wildman–Crippen LogP) is 3.44. The molecule has 0 amide bonds. The zero-order valence-electron chi connectivity index (χ0n) is 11.1. The van der Waals surface area contributed by atoms with E-state index in [0.29, 0.717) is 5.11 Å². The maximum Gasteiger partial charge on any atom is 0.171 e. The van der Waals surface area contributed by atoms with Crippen molar-refractivity contribution < 1.29 is 0 Å². The van der Waals surface area contributed by atoms with Gasteiger partial charge in [-0.1, -0.05) is 24.3 Å². The van der Waals surface area contributed by atoms with E-state index >= 15 is 0 Å². The first-order valence-corrected chi connectivity index (χ1v) is 6.60. The van der Waals surface area contributed by atoms with E-state index in [1.165, 1.54) is 11.1 Å². The van der Waals surface area contributed by atoms with Crippen LogP contribution in [0, 0.1) is 6.92 Å². The molecule has 1 atom stereocenters. The summed E-state index contributed by atoms with van der Waals surface area (Å²) >= 11 is 5.31. The second kappa shape index (κ2) is 6.29. The highest BCUT2D eigenvalue weighted by Gasteiger charge is 2.08. The molecule has 1 aromatic carbocycles. The fourth-order valence-corrected chi connectivity index (χ4v) is 2.25. The summed E-state index contributed by atoms with van der Waals surface area (Å²) in [6, 6.07) is 12.3. The highest BCUT2D eigenvalue weighted by Crippen LogP contribution is 2.16. The summed E-state index contributed by atoms with van der Waals surface area (Å²) in [7, 11) is 0. The molecule has 19 heavy (non-hydrogen) atoms. The third-order valence-corrected chi connectivity index (χ3v) is 3.14. The molecule has 3 nitrogen and oxygen atoms in total. The lowest BCUT2D eigenvalue weighted by Gasteiger charge is -2.18. The van der Waals surface area contributed by atoms with Gasteiger partial charge < -0.3 is 10.6 Å². The molecule has 0 aliphatic carbocycles. The van der Waals surface area contributed by atoms with Gasteiger partial charge in [0.05, 0.1) is 17.9 Å². The topological polar surface area (TPSA) is 37.0 Å². The Bertz CT molecular complexity index is 554. The fraction of sp³-hybridized carbons (Fsp3) is 0.200. The van der Waals surface area contributed by atoms with Gasteiger partial charge in [-0.15, -0.1) is 0 Å². The Labute approximate surface area is 119 Å². The SMILES string of the molecule is Cc1ccccc1[C@H](C)NC(=S)Nc1cccnc1. The molecule has 0 spiro atoms. The van der Waals surface area contributed by atoms with E-state index in [4.69, 9.17) is 12.2 Å². The van der Waals surface area contributed by atoms with E-state index in [9.17, 15) is 0 Å². The van der Waals surface area contributed by atoms with Crippen molar-refractivity contribution in [3.05, 3.63) is 59.9 Å². The molecule has 4 heteroatoms. The third kappa shape index (κ3) is 3.76. The standard InChI is InChI=1S/C15H17N3S/c1-11-6-3-4-8-14(11)12(2)17-15(19)18-13-7-5-9-16-10-13/h3-10,12H,1-2H3,(H2,17,18,19)/t12-/m0/s1. The van der Waals surface area contributed by atoms with Crippen molar-refractivity contribution in [3.8, 4) is 0 Å². The van der Waals surface area contributed by atoms with Crippen LogP contribution < -0.4 is 10.6 Å². The molecule has 2 N–H and O–H groups in total. The zero-order chi connectivity index (χ0) is 13.7. The maximum atomic E-state index is 5.31. The summed E-state index contributed by atoms with van der Waals surface area (Å²) in [5.74, 6) is 0. The van der Waals surface area contributed by atoms with Crippen molar-refractivity contribution in [2.45, 2.75) is 19.9 Å². The number of pyridine rings is 1. The Balaban J connectivity index is 1.98. The number of aryl methyl sites for hydroxylation is 1. The van der Waals surface area contributed by atoms with Gasteiger partial charge in [0.2, 0.25) is 0 Å². The van der Waals surface area contributed by atoms with Crippen molar-refractivity contribution in [1.82, 2.24) is 10.3 Å². The second-order valence-electron chi connectivity index (χ2n) is 4.42. The van der Waals surface area contributed by atoms with E-state index in [2.05, 4.69) is 41.6 Å². The highest BCUT2D eigenvalue weighted by atomic mass is 32.1. The number of rotatable bonds is 3. The van der Waals surface area contributed by atoms with Gasteiger partial charge in [0.15, 0.2) is 5.11 Å². The normalized spacial score (nSPS) is 11.7.